The molecule has 1 heterocycles. The summed E-state index contributed by atoms with van der Waals surface area (Å²) in [4.78, 5) is 38.9. The zero-order valence-electron chi connectivity index (χ0n) is 18.9. The first kappa shape index (κ1) is 22.4. The summed E-state index contributed by atoms with van der Waals surface area (Å²) in [7, 11) is 0. The Bertz CT molecular complexity index is 1050. The van der Waals surface area contributed by atoms with Gasteiger partial charge in [0.05, 0.1) is 6.42 Å². The molecule has 3 N–H and O–H groups in total. The monoisotopic (exact) mass is 463 g/mol. The van der Waals surface area contributed by atoms with E-state index < -0.39 is 30.4 Å². The van der Waals surface area contributed by atoms with Crippen LogP contribution in [-0.4, -0.2) is 65.8 Å². The second-order valence-corrected chi connectivity index (χ2v) is 9.28. The van der Waals surface area contributed by atoms with Crippen LogP contribution in [0.1, 0.15) is 42.7 Å². The molecule has 3 aliphatic rings. The Balaban J connectivity index is 1.18. The molecule has 0 bridgehead atoms. The number of carbonyl (C=O) groups is 3. The van der Waals surface area contributed by atoms with Crippen LogP contribution in [0.3, 0.4) is 0 Å². The first-order valence-electron chi connectivity index (χ1n) is 11.9. The second kappa shape index (κ2) is 9.46. The van der Waals surface area contributed by atoms with Gasteiger partial charge >= 0.3 is 12.1 Å². The number of rotatable bonds is 9. The third kappa shape index (κ3) is 4.63. The molecule has 0 radical (unpaired) electrons. The van der Waals surface area contributed by atoms with Gasteiger partial charge in [-0.3, -0.25) is 14.5 Å². The van der Waals surface area contributed by atoms with Crippen molar-refractivity contribution in [2.75, 3.05) is 19.7 Å². The Kier molecular flexibility index (Phi) is 6.24. The van der Waals surface area contributed by atoms with Crippen molar-refractivity contribution in [2.45, 2.75) is 49.7 Å². The number of hydrogen-bond acceptors (Lipinski definition) is 5. The van der Waals surface area contributed by atoms with E-state index in [1.807, 2.05) is 48.5 Å². The molecule has 2 unspecified atom stereocenters. The number of amides is 2. The first-order valence-corrected chi connectivity index (χ1v) is 11.9. The molecule has 34 heavy (non-hydrogen) atoms. The summed E-state index contributed by atoms with van der Waals surface area (Å²) in [5, 5.41) is 14.5. The molecule has 8 nitrogen and oxygen atoms in total. The van der Waals surface area contributed by atoms with Crippen molar-refractivity contribution in [3.63, 3.8) is 0 Å². The van der Waals surface area contributed by atoms with Gasteiger partial charge < -0.3 is 20.5 Å². The van der Waals surface area contributed by atoms with Crippen molar-refractivity contribution in [3.05, 3.63) is 59.7 Å². The lowest BCUT2D eigenvalue weighted by Gasteiger charge is -2.41. The van der Waals surface area contributed by atoms with Gasteiger partial charge in [0.2, 0.25) is 5.91 Å². The number of carboxylic acid groups (broad SMARTS) is 1. The Morgan fingerprint density at radius 3 is 2.21 bits per heavy atom. The molecule has 2 aliphatic carbocycles. The molecule has 1 saturated carbocycles. The number of likely N-dealkylation sites (tertiary alicyclic amines) is 1. The van der Waals surface area contributed by atoms with Crippen molar-refractivity contribution < 1.29 is 24.2 Å². The number of alkyl carbamates (subject to hydrolysis) is 1. The van der Waals surface area contributed by atoms with Crippen LogP contribution in [0.5, 0.6) is 0 Å². The van der Waals surface area contributed by atoms with Crippen molar-refractivity contribution in [2.24, 2.45) is 0 Å². The molecular weight excluding hydrogens is 434 g/mol. The van der Waals surface area contributed by atoms with Gasteiger partial charge in [-0.15, -0.1) is 0 Å². The molecule has 2 amide bonds. The number of hydrogen-bond donors (Lipinski definition) is 3. The highest BCUT2D eigenvalue weighted by atomic mass is 16.5. The van der Waals surface area contributed by atoms with E-state index in [1.54, 1.807) is 0 Å². The largest absolute Gasteiger partial charge is 0.481 e. The smallest absolute Gasteiger partial charge is 0.407 e. The predicted molar refractivity (Wildman–Crippen MR) is 125 cm³/mol. The molecule has 1 aliphatic heterocycles. The molecule has 0 aromatic heterocycles. The quantitative estimate of drug-likeness (QED) is 0.528. The van der Waals surface area contributed by atoms with Crippen LogP contribution < -0.4 is 10.6 Å². The summed E-state index contributed by atoms with van der Waals surface area (Å²) in [5.74, 6) is -1.78. The van der Waals surface area contributed by atoms with E-state index in [1.165, 1.54) is 12.8 Å². The maximum Gasteiger partial charge on any atom is 0.407 e. The minimum Gasteiger partial charge on any atom is -0.481 e. The van der Waals surface area contributed by atoms with E-state index in [0.29, 0.717) is 12.6 Å². The van der Waals surface area contributed by atoms with Crippen LogP contribution in [0.4, 0.5) is 4.79 Å². The van der Waals surface area contributed by atoms with E-state index in [-0.39, 0.29) is 18.6 Å². The molecule has 2 fully saturated rings. The van der Waals surface area contributed by atoms with Gasteiger partial charge in [-0.2, -0.15) is 0 Å². The number of nitrogens with one attached hydrogen (secondary N) is 2. The summed E-state index contributed by atoms with van der Waals surface area (Å²) in [5.41, 5.74) is 4.40. The van der Waals surface area contributed by atoms with Gasteiger partial charge in [0.25, 0.3) is 0 Å². The van der Waals surface area contributed by atoms with E-state index >= 15 is 0 Å². The number of aliphatic carboxylic acids is 1. The number of carboxylic acids is 1. The highest BCUT2D eigenvalue weighted by molar-refractivity contribution is 5.89. The molecule has 0 spiro atoms. The third-order valence-corrected chi connectivity index (χ3v) is 7.05. The van der Waals surface area contributed by atoms with Crippen molar-refractivity contribution in [1.82, 2.24) is 15.5 Å². The van der Waals surface area contributed by atoms with Crippen LogP contribution in [-0.2, 0) is 14.3 Å². The Hall–Kier alpha value is -3.39. The molecule has 178 valence electrons. The SMILES string of the molecule is O=C(O)CC(NC(=O)OCC1c2ccccc2-c2ccccc21)C(=O)NCC1CCN1C1CC1. The van der Waals surface area contributed by atoms with Crippen LogP contribution in [0.15, 0.2) is 48.5 Å². The summed E-state index contributed by atoms with van der Waals surface area (Å²) in [6.07, 6.45) is 2.12. The Morgan fingerprint density at radius 1 is 1.00 bits per heavy atom. The van der Waals surface area contributed by atoms with Gasteiger partial charge in [-0.25, -0.2) is 4.79 Å². The summed E-state index contributed by atoms with van der Waals surface area (Å²) in [6, 6.07) is 15.7. The van der Waals surface area contributed by atoms with Crippen LogP contribution >= 0.6 is 0 Å². The fourth-order valence-electron chi connectivity index (χ4n) is 5.07. The van der Waals surface area contributed by atoms with E-state index in [2.05, 4.69) is 15.5 Å². The zero-order chi connectivity index (χ0) is 23.7. The zero-order valence-corrected chi connectivity index (χ0v) is 18.9. The molecule has 2 atom stereocenters. The average Bonchev–Trinajstić information content (AvgIpc) is 3.57. The summed E-state index contributed by atoms with van der Waals surface area (Å²) < 4.78 is 5.49. The Morgan fingerprint density at radius 2 is 1.65 bits per heavy atom. The average molecular weight is 464 g/mol. The number of benzene rings is 2. The lowest BCUT2D eigenvalue weighted by molar-refractivity contribution is -0.139. The van der Waals surface area contributed by atoms with Gasteiger partial charge in [0.15, 0.2) is 0 Å². The lowest BCUT2D eigenvalue weighted by Crippen LogP contribution is -2.56. The maximum absolute atomic E-state index is 12.7. The van der Waals surface area contributed by atoms with E-state index in [4.69, 9.17) is 4.74 Å². The highest BCUT2D eigenvalue weighted by Gasteiger charge is 2.39. The topological polar surface area (TPSA) is 108 Å². The van der Waals surface area contributed by atoms with Crippen LogP contribution in [0.2, 0.25) is 0 Å². The number of ether oxygens (including phenoxy) is 1. The molecule has 5 rings (SSSR count). The molecule has 8 heteroatoms. The van der Waals surface area contributed by atoms with E-state index in [9.17, 15) is 19.5 Å². The molecular formula is C26H29N3O5. The van der Waals surface area contributed by atoms with Crippen molar-refractivity contribution in [3.8, 4) is 11.1 Å². The van der Waals surface area contributed by atoms with Crippen molar-refractivity contribution in [1.29, 1.82) is 0 Å². The lowest BCUT2D eigenvalue weighted by atomic mass is 9.98. The predicted octanol–water partition coefficient (Wildman–Crippen LogP) is 2.72. The van der Waals surface area contributed by atoms with Gasteiger partial charge in [0, 0.05) is 31.1 Å². The highest BCUT2D eigenvalue weighted by Crippen LogP contribution is 2.44. The van der Waals surface area contributed by atoms with Gasteiger partial charge in [0.1, 0.15) is 12.6 Å². The third-order valence-electron chi connectivity index (χ3n) is 7.05. The minimum absolute atomic E-state index is 0.0969. The normalized spacial score (nSPS) is 19.9. The van der Waals surface area contributed by atoms with E-state index in [0.717, 1.165) is 35.2 Å². The number of fused-ring (bicyclic) bond motifs is 3. The number of carbonyl (C=O) groups excluding carboxylic acids is 2. The van der Waals surface area contributed by atoms with Crippen molar-refractivity contribution >= 4 is 18.0 Å². The first-order chi connectivity index (χ1) is 16.5. The fourth-order valence-corrected chi connectivity index (χ4v) is 5.07. The molecule has 2 aromatic rings. The fraction of sp³-hybridized carbons (Fsp3) is 0.423. The summed E-state index contributed by atoms with van der Waals surface area (Å²) >= 11 is 0. The van der Waals surface area contributed by atoms with Crippen LogP contribution in [0.25, 0.3) is 11.1 Å². The summed E-state index contributed by atoms with van der Waals surface area (Å²) in [6.45, 7) is 1.60. The molecule has 2 aromatic carbocycles. The molecule has 1 saturated heterocycles. The second-order valence-electron chi connectivity index (χ2n) is 9.28. The number of nitrogens with zero attached hydrogens (tertiary/aromatic N) is 1. The van der Waals surface area contributed by atoms with Gasteiger partial charge in [-0.1, -0.05) is 48.5 Å². The van der Waals surface area contributed by atoms with Crippen LogP contribution in [0, 0.1) is 0 Å². The minimum atomic E-state index is -1.19. The van der Waals surface area contributed by atoms with Gasteiger partial charge in [-0.05, 0) is 41.5 Å². The maximum atomic E-state index is 12.7. The standard InChI is InChI=1S/C26H29N3O5/c30-24(31)13-23(25(32)27-14-17-11-12-29(17)16-9-10-16)28-26(33)34-15-22-20-7-3-1-5-18(20)19-6-2-4-8-21(19)22/h1-8,16-17,22-23H,9-15H2,(H,27,32)(H,28,33)(H,30,31). The Labute approximate surface area is 198 Å².